The molecular weight excluding hydrogens is 698 g/mol. The van der Waals surface area contributed by atoms with Crippen molar-refractivity contribution in [2.75, 3.05) is 17.1 Å². The predicted octanol–water partition coefficient (Wildman–Crippen LogP) is 7.38. The lowest BCUT2D eigenvalue weighted by atomic mass is 9.48. The molecule has 49 heavy (non-hydrogen) atoms. The highest BCUT2D eigenvalue weighted by molar-refractivity contribution is 9.10. The van der Waals surface area contributed by atoms with E-state index in [1.807, 2.05) is 66.7 Å². The molecule has 0 spiro atoms. The van der Waals surface area contributed by atoms with Crippen LogP contribution in [0.2, 0.25) is 0 Å². The van der Waals surface area contributed by atoms with Gasteiger partial charge in [0.15, 0.2) is 0 Å². The molecule has 3 aromatic rings. The van der Waals surface area contributed by atoms with Crippen LogP contribution in [-0.4, -0.2) is 50.0 Å². The minimum atomic E-state index is -3.83. The Bertz CT molecular complexity index is 1700. The monoisotopic (exact) mass is 745 g/mol. The number of nitrogens with zero attached hydrogens (tertiary/aromatic N) is 2. The molecule has 5 fully saturated rings. The van der Waals surface area contributed by atoms with Gasteiger partial charge in [-0.1, -0.05) is 83.4 Å². The van der Waals surface area contributed by atoms with Crippen molar-refractivity contribution in [3.63, 3.8) is 0 Å². The lowest BCUT2D eigenvalue weighted by molar-refractivity contribution is -0.140. The Hall–Kier alpha value is -3.17. The first kappa shape index (κ1) is 34.3. The molecule has 0 heterocycles. The molecule has 3 aromatic carbocycles. The van der Waals surface area contributed by atoms with Crippen LogP contribution in [0.5, 0.6) is 0 Å². The number of hydrogen-bond donors (Lipinski definition) is 1. The molecule has 1 atom stereocenters. The normalized spacial score (nSPS) is 25.2. The van der Waals surface area contributed by atoms with E-state index in [4.69, 9.17) is 0 Å². The first-order valence-corrected chi connectivity index (χ1v) is 20.7. The molecule has 9 heteroatoms. The fourth-order valence-electron chi connectivity index (χ4n) is 9.77. The second kappa shape index (κ2) is 14.2. The minimum absolute atomic E-state index is 0.0791. The molecule has 8 rings (SSSR count). The van der Waals surface area contributed by atoms with E-state index < -0.39 is 28.5 Å². The van der Waals surface area contributed by atoms with Crippen LogP contribution < -0.4 is 9.62 Å². The molecule has 0 saturated heterocycles. The van der Waals surface area contributed by atoms with Gasteiger partial charge >= 0.3 is 0 Å². The van der Waals surface area contributed by atoms with E-state index in [9.17, 15) is 18.0 Å². The van der Waals surface area contributed by atoms with E-state index in [1.54, 1.807) is 4.90 Å². The fourth-order valence-corrected chi connectivity index (χ4v) is 10.9. The van der Waals surface area contributed by atoms with Gasteiger partial charge in [-0.05, 0) is 115 Å². The maximum atomic E-state index is 14.5. The fraction of sp³-hybridized carbons (Fsp3) is 0.500. The van der Waals surface area contributed by atoms with Crippen LogP contribution in [0.1, 0.15) is 80.9 Å². The van der Waals surface area contributed by atoms with Crippen LogP contribution in [-0.2, 0) is 38.0 Å². The Morgan fingerprint density at radius 1 is 0.837 bits per heavy atom. The van der Waals surface area contributed by atoms with Crippen LogP contribution in [0, 0.1) is 17.8 Å². The van der Waals surface area contributed by atoms with E-state index >= 15 is 0 Å². The molecule has 4 bridgehead atoms. The highest BCUT2D eigenvalue weighted by Crippen LogP contribution is 2.60. The summed E-state index contributed by atoms with van der Waals surface area (Å²) in [5, 5.41) is 3.23. The number of sulfonamides is 1. The molecule has 0 radical (unpaired) electrons. The van der Waals surface area contributed by atoms with Crippen molar-refractivity contribution in [2.45, 2.75) is 94.7 Å². The molecule has 1 N–H and O–H groups in total. The first-order valence-electron chi connectivity index (χ1n) is 18.0. The number of carbonyl (C=O) groups excluding carboxylic acids is 2. The maximum Gasteiger partial charge on any atom is 0.244 e. The Labute approximate surface area is 300 Å². The van der Waals surface area contributed by atoms with Crippen LogP contribution in [0.15, 0.2) is 83.3 Å². The van der Waals surface area contributed by atoms with Crippen LogP contribution in [0.4, 0.5) is 5.69 Å². The van der Waals surface area contributed by atoms with E-state index in [2.05, 4.69) is 33.4 Å². The Balaban J connectivity index is 1.18. The maximum absolute atomic E-state index is 14.5. The summed E-state index contributed by atoms with van der Waals surface area (Å²) in [6, 6.07) is 24.6. The molecule has 7 nitrogen and oxygen atoms in total. The number of anilines is 1. The van der Waals surface area contributed by atoms with Crippen molar-refractivity contribution in [3.05, 3.63) is 100 Å². The number of hydrogen-bond acceptors (Lipinski definition) is 4. The standard InChI is InChI=1S/C40H48BrN3O4S/c1-49(47,48)44(36-17-13-33(14-18-36)40-23-30-19-31(24-40)21-32(20-30)25-40)27-38(45)43(26-29-11-15-34(41)16-12-29)37(22-28-7-3-2-4-8-28)39(46)42-35-9-5-6-10-35/h2-4,7-8,11-18,30-32,35,37H,5-6,9-10,19-27H2,1H3,(H,42,46). The summed E-state index contributed by atoms with van der Waals surface area (Å²) in [6.07, 6.45) is 13.2. The van der Waals surface area contributed by atoms with E-state index in [0.717, 1.165) is 65.3 Å². The molecule has 260 valence electrons. The molecule has 5 aliphatic rings. The van der Waals surface area contributed by atoms with Gasteiger partial charge in [-0.15, -0.1) is 0 Å². The van der Waals surface area contributed by atoms with Crippen molar-refractivity contribution in [3.8, 4) is 0 Å². The van der Waals surface area contributed by atoms with E-state index in [1.165, 1.54) is 48.4 Å². The van der Waals surface area contributed by atoms with Gasteiger partial charge < -0.3 is 10.2 Å². The Morgan fingerprint density at radius 3 is 2.00 bits per heavy atom. The van der Waals surface area contributed by atoms with Crippen LogP contribution >= 0.6 is 15.9 Å². The summed E-state index contributed by atoms with van der Waals surface area (Å²) >= 11 is 3.50. The number of amides is 2. The van der Waals surface area contributed by atoms with Crippen molar-refractivity contribution < 1.29 is 18.0 Å². The average molecular weight is 747 g/mol. The zero-order chi connectivity index (χ0) is 34.2. The molecule has 2 amide bonds. The third-order valence-corrected chi connectivity index (χ3v) is 13.4. The topological polar surface area (TPSA) is 86.8 Å². The molecule has 0 aromatic heterocycles. The van der Waals surface area contributed by atoms with Gasteiger partial charge in [0.05, 0.1) is 11.9 Å². The van der Waals surface area contributed by atoms with Gasteiger partial charge in [0, 0.05) is 23.5 Å². The summed E-state index contributed by atoms with van der Waals surface area (Å²) in [7, 11) is -3.83. The minimum Gasteiger partial charge on any atom is -0.352 e. The summed E-state index contributed by atoms with van der Waals surface area (Å²) in [5.41, 5.74) is 3.76. The highest BCUT2D eigenvalue weighted by atomic mass is 79.9. The molecular formula is C40H48BrN3O4S. The van der Waals surface area contributed by atoms with Gasteiger partial charge in [-0.3, -0.25) is 13.9 Å². The Kier molecular flexibility index (Phi) is 9.95. The second-order valence-electron chi connectivity index (χ2n) is 15.4. The van der Waals surface area contributed by atoms with Crippen LogP contribution in [0.25, 0.3) is 0 Å². The van der Waals surface area contributed by atoms with Crippen LogP contribution in [0.3, 0.4) is 0 Å². The van der Waals surface area contributed by atoms with Crippen molar-refractivity contribution in [2.24, 2.45) is 17.8 Å². The summed E-state index contributed by atoms with van der Waals surface area (Å²) in [5.74, 6) is 1.81. The number of benzene rings is 3. The van der Waals surface area contributed by atoms with Crippen molar-refractivity contribution in [1.82, 2.24) is 10.2 Å². The number of nitrogens with one attached hydrogen (secondary N) is 1. The van der Waals surface area contributed by atoms with Gasteiger partial charge in [0.1, 0.15) is 12.6 Å². The zero-order valence-electron chi connectivity index (χ0n) is 28.4. The molecule has 1 unspecified atom stereocenters. The number of carbonyl (C=O) groups is 2. The summed E-state index contributed by atoms with van der Waals surface area (Å²) in [6.45, 7) is -0.224. The quantitative estimate of drug-likeness (QED) is 0.210. The van der Waals surface area contributed by atoms with E-state index in [-0.39, 0.29) is 23.9 Å². The molecule has 5 aliphatic carbocycles. The zero-order valence-corrected chi connectivity index (χ0v) is 30.8. The number of rotatable bonds is 12. The van der Waals surface area contributed by atoms with Gasteiger partial charge in [0.25, 0.3) is 0 Å². The molecule has 5 saturated carbocycles. The van der Waals surface area contributed by atoms with Crippen molar-refractivity contribution in [1.29, 1.82) is 0 Å². The lowest BCUT2D eigenvalue weighted by Gasteiger charge is -2.57. The third-order valence-electron chi connectivity index (χ3n) is 11.7. The third kappa shape index (κ3) is 7.78. The average Bonchev–Trinajstić information content (AvgIpc) is 3.58. The van der Waals surface area contributed by atoms with Crippen molar-refractivity contribution >= 4 is 43.5 Å². The highest BCUT2D eigenvalue weighted by Gasteiger charge is 2.51. The summed E-state index contributed by atoms with van der Waals surface area (Å²) < 4.78 is 28.9. The van der Waals surface area contributed by atoms with Gasteiger partial charge in [0.2, 0.25) is 21.8 Å². The number of halogens is 1. The lowest BCUT2D eigenvalue weighted by Crippen LogP contribution is -2.54. The molecule has 0 aliphatic heterocycles. The SMILES string of the molecule is CS(=O)(=O)N(CC(=O)N(Cc1ccc(Br)cc1)C(Cc1ccccc1)C(=O)NC1CCCC1)c1ccc(C23CC4CC(CC(C4)C2)C3)cc1. The summed E-state index contributed by atoms with van der Waals surface area (Å²) in [4.78, 5) is 30.2. The Morgan fingerprint density at radius 2 is 1.43 bits per heavy atom. The first-order chi connectivity index (χ1) is 23.5. The van der Waals surface area contributed by atoms with Gasteiger partial charge in [-0.2, -0.15) is 0 Å². The second-order valence-corrected chi connectivity index (χ2v) is 18.2. The van der Waals surface area contributed by atoms with E-state index in [0.29, 0.717) is 12.1 Å². The predicted molar refractivity (Wildman–Crippen MR) is 198 cm³/mol. The largest absolute Gasteiger partial charge is 0.352 e. The smallest absolute Gasteiger partial charge is 0.244 e. The van der Waals surface area contributed by atoms with Gasteiger partial charge in [-0.25, -0.2) is 8.42 Å².